The number of amides is 1. The largest absolute Gasteiger partial charge is 0.348 e. The van der Waals surface area contributed by atoms with E-state index in [9.17, 15) is 13.2 Å². The first-order chi connectivity index (χ1) is 14.2. The quantitative estimate of drug-likeness (QED) is 0.702. The van der Waals surface area contributed by atoms with Crippen LogP contribution < -0.4 is 10.0 Å². The first-order valence-electron chi connectivity index (χ1n) is 10.2. The minimum absolute atomic E-state index is 0.111. The van der Waals surface area contributed by atoms with Crippen molar-refractivity contribution < 1.29 is 13.2 Å². The highest BCUT2D eigenvalue weighted by Crippen LogP contribution is 2.30. The lowest BCUT2D eigenvalue weighted by Gasteiger charge is -2.29. The Labute approximate surface area is 181 Å². The van der Waals surface area contributed by atoms with Gasteiger partial charge in [-0.25, -0.2) is 17.8 Å². The van der Waals surface area contributed by atoms with E-state index in [0.29, 0.717) is 29.1 Å². The molecule has 1 aromatic heterocycles. The van der Waals surface area contributed by atoms with Gasteiger partial charge in [0.1, 0.15) is 0 Å². The Morgan fingerprint density at radius 3 is 2.40 bits per heavy atom. The molecule has 2 fully saturated rings. The van der Waals surface area contributed by atoms with E-state index in [1.54, 1.807) is 36.9 Å². The molecular weight excluding hydrogens is 426 g/mol. The minimum atomic E-state index is -3.62. The van der Waals surface area contributed by atoms with Crippen molar-refractivity contribution in [3.05, 3.63) is 40.2 Å². The fourth-order valence-electron chi connectivity index (χ4n) is 3.83. The number of carbonyl (C=O) groups is 1. The summed E-state index contributed by atoms with van der Waals surface area (Å²) in [5.41, 5.74) is 1.70. The molecule has 0 unspecified atom stereocenters. The number of rotatable bonds is 6. The standard InChI is InChI=1S/C20H26ClN5O3S/c1-12-10-19(13(2)9-17(12)21)30(28,29)24-15-5-7-16(8-6-15)26-11-18(23-25-26)20(27)22-14-3-4-14/h9-11,14-16,24H,3-8H2,1-2H3,(H,22,27). The van der Waals surface area contributed by atoms with Crippen molar-refractivity contribution in [2.45, 2.75) is 75.4 Å². The van der Waals surface area contributed by atoms with E-state index in [1.165, 1.54) is 0 Å². The van der Waals surface area contributed by atoms with Crippen LogP contribution >= 0.6 is 11.6 Å². The second-order valence-electron chi connectivity index (χ2n) is 8.33. The summed E-state index contributed by atoms with van der Waals surface area (Å²) in [4.78, 5) is 12.4. The Bertz CT molecular complexity index is 1060. The molecule has 1 aromatic carbocycles. The highest BCUT2D eigenvalue weighted by Gasteiger charge is 2.29. The van der Waals surface area contributed by atoms with E-state index >= 15 is 0 Å². The summed E-state index contributed by atoms with van der Waals surface area (Å²) in [5, 5.41) is 11.6. The third-order valence-corrected chi connectivity index (χ3v) is 7.86. The van der Waals surface area contributed by atoms with Gasteiger partial charge in [0.2, 0.25) is 10.0 Å². The maximum Gasteiger partial charge on any atom is 0.273 e. The lowest BCUT2D eigenvalue weighted by atomic mass is 9.92. The van der Waals surface area contributed by atoms with E-state index in [0.717, 1.165) is 31.2 Å². The summed E-state index contributed by atoms with van der Waals surface area (Å²) in [6.45, 7) is 3.54. The van der Waals surface area contributed by atoms with Gasteiger partial charge in [0.25, 0.3) is 5.91 Å². The summed E-state index contributed by atoms with van der Waals surface area (Å²) in [6.07, 6.45) is 6.65. The zero-order chi connectivity index (χ0) is 21.5. The molecule has 2 aliphatic carbocycles. The average molecular weight is 452 g/mol. The van der Waals surface area contributed by atoms with Gasteiger partial charge in [-0.2, -0.15) is 0 Å². The molecule has 8 nitrogen and oxygen atoms in total. The van der Waals surface area contributed by atoms with E-state index in [2.05, 4.69) is 20.4 Å². The molecule has 10 heteroatoms. The smallest absolute Gasteiger partial charge is 0.273 e. The predicted molar refractivity (Wildman–Crippen MR) is 113 cm³/mol. The zero-order valence-electron chi connectivity index (χ0n) is 17.1. The minimum Gasteiger partial charge on any atom is -0.348 e. The number of hydrogen-bond acceptors (Lipinski definition) is 5. The summed E-state index contributed by atoms with van der Waals surface area (Å²) in [5.74, 6) is -0.182. The number of halogens is 1. The van der Waals surface area contributed by atoms with Gasteiger partial charge < -0.3 is 5.32 Å². The first-order valence-corrected chi connectivity index (χ1v) is 12.1. The molecule has 1 heterocycles. The van der Waals surface area contributed by atoms with Crippen molar-refractivity contribution in [1.82, 2.24) is 25.0 Å². The van der Waals surface area contributed by atoms with Crippen molar-refractivity contribution >= 4 is 27.5 Å². The number of carbonyl (C=O) groups excluding carboxylic acids is 1. The Kier molecular flexibility index (Phi) is 5.87. The molecular formula is C20H26ClN5O3S. The van der Waals surface area contributed by atoms with Gasteiger partial charge in [-0.3, -0.25) is 4.79 Å². The molecule has 0 saturated heterocycles. The van der Waals surface area contributed by atoms with Gasteiger partial charge in [-0.05, 0) is 75.6 Å². The fraction of sp³-hybridized carbons (Fsp3) is 0.550. The number of nitrogens with one attached hydrogen (secondary N) is 2. The van der Waals surface area contributed by atoms with Crippen LogP contribution in [0.4, 0.5) is 0 Å². The number of aromatic nitrogens is 3. The Morgan fingerprint density at radius 1 is 1.07 bits per heavy atom. The van der Waals surface area contributed by atoms with Gasteiger partial charge in [0, 0.05) is 17.1 Å². The molecule has 162 valence electrons. The van der Waals surface area contributed by atoms with E-state index in [1.807, 2.05) is 0 Å². The number of aryl methyl sites for hydroxylation is 2. The Balaban J connectivity index is 1.36. The molecule has 2 aromatic rings. The second-order valence-corrected chi connectivity index (χ2v) is 10.4. The number of benzene rings is 1. The molecule has 0 bridgehead atoms. The summed E-state index contributed by atoms with van der Waals surface area (Å²) >= 11 is 6.10. The van der Waals surface area contributed by atoms with Gasteiger partial charge >= 0.3 is 0 Å². The number of sulfonamides is 1. The van der Waals surface area contributed by atoms with Crippen LogP contribution in [0.3, 0.4) is 0 Å². The molecule has 2 aliphatic rings. The summed E-state index contributed by atoms with van der Waals surface area (Å²) in [6, 6.07) is 3.56. The summed E-state index contributed by atoms with van der Waals surface area (Å²) in [7, 11) is -3.62. The molecule has 30 heavy (non-hydrogen) atoms. The third-order valence-electron chi connectivity index (χ3n) is 5.79. The van der Waals surface area contributed by atoms with Crippen molar-refractivity contribution in [3.8, 4) is 0 Å². The second kappa shape index (κ2) is 8.28. The van der Waals surface area contributed by atoms with Crippen LogP contribution in [0.25, 0.3) is 0 Å². The van der Waals surface area contributed by atoms with E-state index in [-0.39, 0.29) is 28.9 Å². The van der Waals surface area contributed by atoms with Gasteiger partial charge in [0.15, 0.2) is 5.69 Å². The van der Waals surface area contributed by atoms with Crippen LogP contribution in [0.5, 0.6) is 0 Å². The van der Waals surface area contributed by atoms with Crippen LogP contribution in [0, 0.1) is 13.8 Å². The SMILES string of the molecule is Cc1cc(S(=O)(=O)NC2CCC(n3cc(C(=O)NC4CC4)nn3)CC2)c(C)cc1Cl. The lowest BCUT2D eigenvalue weighted by molar-refractivity contribution is 0.0946. The Hall–Kier alpha value is -1.97. The van der Waals surface area contributed by atoms with Crippen LogP contribution in [0.2, 0.25) is 5.02 Å². The number of nitrogens with zero attached hydrogens (tertiary/aromatic N) is 3. The third kappa shape index (κ3) is 4.68. The summed E-state index contributed by atoms with van der Waals surface area (Å²) < 4.78 is 30.3. The highest BCUT2D eigenvalue weighted by molar-refractivity contribution is 7.89. The van der Waals surface area contributed by atoms with Gasteiger partial charge in [0.05, 0.1) is 17.1 Å². The lowest BCUT2D eigenvalue weighted by Crippen LogP contribution is -2.38. The van der Waals surface area contributed by atoms with Crippen LogP contribution in [0.1, 0.15) is 66.2 Å². The predicted octanol–water partition coefficient (Wildman–Crippen LogP) is 2.90. The van der Waals surface area contributed by atoms with Gasteiger partial charge in [-0.1, -0.05) is 16.8 Å². The van der Waals surface area contributed by atoms with Crippen LogP contribution in [0.15, 0.2) is 23.2 Å². The normalized spacial score (nSPS) is 22.1. The van der Waals surface area contributed by atoms with Gasteiger partial charge in [-0.15, -0.1) is 5.10 Å². The topological polar surface area (TPSA) is 106 Å². The first kappa shape index (κ1) is 21.3. The molecule has 0 spiro atoms. The molecule has 0 atom stereocenters. The molecule has 1 amide bonds. The number of hydrogen-bond donors (Lipinski definition) is 2. The fourth-order valence-corrected chi connectivity index (χ4v) is 5.67. The highest BCUT2D eigenvalue weighted by atomic mass is 35.5. The van der Waals surface area contributed by atoms with Crippen molar-refractivity contribution in [3.63, 3.8) is 0 Å². The van der Waals surface area contributed by atoms with Crippen molar-refractivity contribution in [1.29, 1.82) is 0 Å². The van der Waals surface area contributed by atoms with E-state index < -0.39 is 10.0 Å². The zero-order valence-corrected chi connectivity index (χ0v) is 18.6. The van der Waals surface area contributed by atoms with Crippen molar-refractivity contribution in [2.75, 3.05) is 0 Å². The molecule has 4 rings (SSSR count). The molecule has 2 N–H and O–H groups in total. The van der Waals surface area contributed by atoms with Crippen LogP contribution in [-0.2, 0) is 10.0 Å². The monoisotopic (exact) mass is 451 g/mol. The molecule has 0 radical (unpaired) electrons. The van der Waals surface area contributed by atoms with Crippen LogP contribution in [-0.4, -0.2) is 41.4 Å². The van der Waals surface area contributed by atoms with Crippen molar-refractivity contribution in [2.24, 2.45) is 0 Å². The maximum atomic E-state index is 12.9. The van der Waals surface area contributed by atoms with E-state index in [4.69, 9.17) is 11.6 Å². The maximum absolute atomic E-state index is 12.9. The molecule has 0 aliphatic heterocycles. The average Bonchev–Trinajstić information content (AvgIpc) is 3.36. The Morgan fingerprint density at radius 2 is 1.73 bits per heavy atom. The molecule has 2 saturated carbocycles.